The Morgan fingerprint density at radius 2 is 2.29 bits per heavy atom. The molecule has 4 nitrogen and oxygen atoms in total. The number of nitrogens with two attached hydrogens (primary N) is 1. The van der Waals surface area contributed by atoms with Crippen LogP contribution in [0, 0.1) is 0 Å². The topological polar surface area (TPSA) is 72.5 Å². The van der Waals surface area contributed by atoms with Gasteiger partial charge in [-0.05, 0) is 40.0 Å². The molecule has 1 aromatic carbocycles. The van der Waals surface area contributed by atoms with E-state index in [1.165, 1.54) is 0 Å². The SMILES string of the molecule is N[C@@H](Cc1ccc(Br)c(OCCF)c1)C(=O)O. The van der Waals surface area contributed by atoms with Gasteiger partial charge in [-0.2, -0.15) is 0 Å². The third-order valence-corrected chi connectivity index (χ3v) is 2.76. The molecule has 17 heavy (non-hydrogen) atoms. The maximum atomic E-state index is 12.0. The van der Waals surface area contributed by atoms with Crippen LogP contribution in [0.15, 0.2) is 22.7 Å². The highest BCUT2D eigenvalue weighted by Crippen LogP contribution is 2.26. The van der Waals surface area contributed by atoms with Crippen LogP contribution in [-0.2, 0) is 11.2 Å². The van der Waals surface area contributed by atoms with Crippen LogP contribution in [-0.4, -0.2) is 30.4 Å². The van der Waals surface area contributed by atoms with Gasteiger partial charge >= 0.3 is 5.97 Å². The fraction of sp³-hybridized carbons (Fsp3) is 0.364. The molecule has 0 spiro atoms. The minimum atomic E-state index is -1.06. The van der Waals surface area contributed by atoms with Gasteiger partial charge in [-0.15, -0.1) is 0 Å². The molecule has 94 valence electrons. The van der Waals surface area contributed by atoms with Crippen LogP contribution >= 0.6 is 15.9 Å². The van der Waals surface area contributed by atoms with Gasteiger partial charge in [0.2, 0.25) is 0 Å². The number of carboxylic acids is 1. The molecule has 1 rings (SSSR count). The van der Waals surface area contributed by atoms with Crippen LogP contribution < -0.4 is 10.5 Å². The number of halogens is 2. The van der Waals surface area contributed by atoms with Crippen molar-refractivity contribution in [3.8, 4) is 5.75 Å². The van der Waals surface area contributed by atoms with E-state index in [-0.39, 0.29) is 13.0 Å². The van der Waals surface area contributed by atoms with Crippen LogP contribution in [0.25, 0.3) is 0 Å². The molecule has 0 saturated carbocycles. The Bertz CT molecular complexity index is 400. The van der Waals surface area contributed by atoms with E-state index >= 15 is 0 Å². The quantitative estimate of drug-likeness (QED) is 0.840. The fourth-order valence-electron chi connectivity index (χ4n) is 1.28. The zero-order valence-corrected chi connectivity index (χ0v) is 10.6. The average molecular weight is 306 g/mol. The van der Waals surface area contributed by atoms with E-state index in [4.69, 9.17) is 15.6 Å². The number of carboxylic acid groups (broad SMARTS) is 1. The standard InChI is InChI=1S/C11H13BrFNO3/c12-8-2-1-7(5-9(14)11(15)16)6-10(8)17-4-3-13/h1-2,6,9H,3-5,14H2,(H,15,16)/t9-/m0/s1. The molecule has 0 amide bonds. The molecule has 0 heterocycles. The number of carbonyl (C=O) groups is 1. The number of hydrogen-bond acceptors (Lipinski definition) is 3. The summed E-state index contributed by atoms with van der Waals surface area (Å²) >= 11 is 3.26. The highest BCUT2D eigenvalue weighted by atomic mass is 79.9. The fourth-order valence-corrected chi connectivity index (χ4v) is 1.64. The molecule has 1 atom stereocenters. The lowest BCUT2D eigenvalue weighted by Crippen LogP contribution is -2.32. The Morgan fingerprint density at radius 3 is 2.88 bits per heavy atom. The molecule has 0 aromatic heterocycles. The van der Waals surface area contributed by atoms with Gasteiger partial charge in [-0.3, -0.25) is 4.79 Å². The zero-order valence-electron chi connectivity index (χ0n) is 9.03. The van der Waals surface area contributed by atoms with Gasteiger partial charge < -0.3 is 15.6 Å². The van der Waals surface area contributed by atoms with E-state index in [9.17, 15) is 9.18 Å². The predicted molar refractivity (Wildman–Crippen MR) is 64.9 cm³/mol. The van der Waals surface area contributed by atoms with Gasteiger partial charge in [0.15, 0.2) is 0 Å². The summed E-state index contributed by atoms with van der Waals surface area (Å²) in [5, 5.41) is 8.69. The molecule has 0 unspecified atom stereocenters. The van der Waals surface area contributed by atoms with Gasteiger partial charge in [-0.25, -0.2) is 4.39 Å². The minimum Gasteiger partial charge on any atom is -0.490 e. The van der Waals surface area contributed by atoms with E-state index in [1.807, 2.05) is 0 Å². The lowest BCUT2D eigenvalue weighted by Gasteiger charge is -2.10. The second-order valence-corrected chi connectivity index (χ2v) is 4.31. The molecule has 0 fully saturated rings. The monoisotopic (exact) mass is 305 g/mol. The van der Waals surface area contributed by atoms with Crippen molar-refractivity contribution >= 4 is 21.9 Å². The molecule has 6 heteroatoms. The van der Waals surface area contributed by atoms with E-state index in [2.05, 4.69) is 15.9 Å². The van der Waals surface area contributed by atoms with E-state index in [0.29, 0.717) is 10.2 Å². The molecule has 3 N–H and O–H groups in total. The van der Waals surface area contributed by atoms with E-state index in [0.717, 1.165) is 5.56 Å². The van der Waals surface area contributed by atoms with Gasteiger partial charge in [-0.1, -0.05) is 6.07 Å². The Kier molecular flexibility index (Phi) is 5.37. The van der Waals surface area contributed by atoms with Gasteiger partial charge in [0.25, 0.3) is 0 Å². The maximum Gasteiger partial charge on any atom is 0.320 e. The second kappa shape index (κ2) is 6.56. The second-order valence-electron chi connectivity index (χ2n) is 3.45. The molecular weight excluding hydrogens is 293 g/mol. The zero-order chi connectivity index (χ0) is 12.8. The summed E-state index contributed by atoms with van der Waals surface area (Å²) in [7, 11) is 0. The normalized spacial score (nSPS) is 12.2. The molecule has 0 bridgehead atoms. The smallest absolute Gasteiger partial charge is 0.320 e. The van der Waals surface area contributed by atoms with Crippen molar-refractivity contribution in [3.63, 3.8) is 0 Å². The average Bonchev–Trinajstić information content (AvgIpc) is 2.29. The van der Waals surface area contributed by atoms with Crippen LogP contribution in [0.4, 0.5) is 4.39 Å². The summed E-state index contributed by atoms with van der Waals surface area (Å²) in [5.74, 6) is -0.572. The first kappa shape index (κ1) is 13.9. The van der Waals surface area contributed by atoms with Crippen LogP contribution in [0.2, 0.25) is 0 Å². The molecular formula is C11H13BrFNO3. The van der Waals surface area contributed by atoms with Crippen molar-refractivity contribution in [3.05, 3.63) is 28.2 Å². The molecule has 0 aliphatic rings. The highest BCUT2D eigenvalue weighted by Gasteiger charge is 2.13. The van der Waals surface area contributed by atoms with Crippen molar-refractivity contribution in [1.29, 1.82) is 0 Å². The number of benzene rings is 1. The summed E-state index contributed by atoms with van der Waals surface area (Å²) in [4.78, 5) is 10.6. The summed E-state index contributed by atoms with van der Waals surface area (Å²) in [6.07, 6.45) is 0.203. The van der Waals surface area contributed by atoms with Crippen molar-refractivity contribution < 1.29 is 19.0 Å². The van der Waals surface area contributed by atoms with Gasteiger partial charge in [0, 0.05) is 0 Å². The summed E-state index contributed by atoms with van der Waals surface area (Å²) < 4.78 is 17.8. The highest BCUT2D eigenvalue weighted by molar-refractivity contribution is 9.10. The number of alkyl halides is 1. The van der Waals surface area contributed by atoms with Crippen molar-refractivity contribution in [2.24, 2.45) is 5.73 Å². The Labute approximate surface area is 107 Å². The maximum absolute atomic E-state index is 12.0. The van der Waals surface area contributed by atoms with Gasteiger partial charge in [0.05, 0.1) is 4.47 Å². The first-order valence-electron chi connectivity index (χ1n) is 5.00. The molecule has 0 aliphatic carbocycles. The third-order valence-electron chi connectivity index (χ3n) is 2.10. The minimum absolute atomic E-state index is 0.0347. The van der Waals surface area contributed by atoms with Crippen LogP contribution in [0.5, 0.6) is 5.75 Å². The van der Waals surface area contributed by atoms with Crippen molar-refractivity contribution in [1.82, 2.24) is 0 Å². The Hall–Kier alpha value is -1.14. The first-order chi connectivity index (χ1) is 8.04. The lowest BCUT2D eigenvalue weighted by molar-refractivity contribution is -0.138. The number of ether oxygens (including phenoxy) is 1. The summed E-state index contributed by atoms with van der Waals surface area (Å²) in [6, 6.07) is 4.17. The van der Waals surface area contributed by atoms with Crippen LogP contribution in [0.3, 0.4) is 0 Å². The van der Waals surface area contributed by atoms with E-state index < -0.39 is 18.7 Å². The summed E-state index contributed by atoms with van der Waals surface area (Å²) in [5.41, 5.74) is 6.16. The van der Waals surface area contributed by atoms with E-state index in [1.54, 1.807) is 18.2 Å². The largest absolute Gasteiger partial charge is 0.490 e. The third kappa shape index (κ3) is 4.32. The molecule has 0 radical (unpaired) electrons. The number of rotatable bonds is 6. The predicted octanol–water partition coefficient (Wildman–Crippen LogP) is 1.75. The van der Waals surface area contributed by atoms with Crippen LogP contribution in [0.1, 0.15) is 5.56 Å². The van der Waals surface area contributed by atoms with Crippen molar-refractivity contribution in [2.75, 3.05) is 13.3 Å². The number of aliphatic carboxylic acids is 1. The molecule has 0 aliphatic heterocycles. The summed E-state index contributed by atoms with van der Waals surface area (Å²) in [6.45, 7) is -0.613. The first-order valence-corrected chi connectivity index (χ1v) is 5.79. The Morgan fingerprint density at radius 1 is 1.59 bits per heavy atom. The lowest BCUT2D eigenvalue weighted by atomic mass is 10.1. The van der Waals surface area contributed by atoms with Crippen molar-refractivity contribution in [2.45, 2.75) is 12.5 Å². The van der Waals surface area contributed by atoms with Gasteiger partial charge in [0.1, 0.15) is 25.1 Å². The molecule has 1 aromatic rings. The Balaban J connectivity index is 2.77. The number of hydrogen-bond donors (Lipinski definition) is 2. The molecule has 0 saturated heterocycles.